The van der Waals surface area contributed by atoms with Gasteiger partial charge in [0.15, 0.2) is 11.4 Å². The molecule has 1 amide bonds. The number of amides is 1. The van der Waals surface area contributed by atoms with E-state index in [4.69, 9.17) is 4.42 Å². The lowest BCUT2D eigenvalue weighted by Gasteiger charge is -2.24. The highest BCUT2D eigenvalue weighted by Crippen LogP contribution is 2.25. The van der Waals surface area contributed by atoms with Gasteiger partial charge in [-0.3, -0.25) is 9.78 Å². The molecule has 1 aromatic carbocycles. The first kappa shape index (κ1) is 16.6. The fourth-order valence-electron chi connectivity index (χ4n) is 3.49. The maximum absolute atomic E-state index is 14.0. The van der Waals surface area contributed by atoms with Crippen LogP contribution in [0.4, 0.5) is 10.1 Å². The summed E-state index contributed by atoms with van der Waals surface area (Å²) in [5.41, 5.74) is 1.82. The normalized spacial score (nSPS) is 17.5. The van der Waals surface area contributed by atoms with Crippen LogP contribution in [0, 0.1) is 5.82 Å². The molecule has 1 aliphatic rings. The number of rotatable bonds is 3. The molecule has 2 aromatic heterocycles. The van der Waals surface area contributed by atoms with Crippen molar-refractivity contribution in [2.24, 2.45) is 7.05 Å². The molecule has 26 heavy (non-hydrogen) atoms. The lowest BCUT2D eigenvalue weighted by atomic mass is 10.0. The predicted molar refractivity (Wildman–Crippen MR) is 94.8 cm³/mol. The van der Waals surface area contributed by atoms with Crippen molar-refractivity contribution in [3.63, 3.8) is 0 Å². The highest BCUT2D eigenvalue weighted by molar-refractivity contribution is 6.04. The molecule has 1 atom stereocenters. The molecule has 0 spiro atoms. The number of halogens is 1. The topological polar surface area (TPSA) is 92.1 Å². The van der Waals surface area contributed by atoms with Crippen LogP contribution in [0.5, 0.6) is 0 Å². The second-order valence-electron chi connectivity index (χ2n) is 6.51. The van der Waals surface area contributed by atoms with E-state index in [0.717, 1.165) is 31.1 Å². The molecule has 3 N–H and O–H groups in total. The van der Waals surface area contributed by atoms with Crippen LogP contribution in [0.25, 0.3) is 11.1 Å². The number of nitrogens with zero attached hydrogens (tertiary/aromatic N) is 1. The molecule has 1 unspecified atom stereocenters. The van der Waals surface area contributed by atoms with Gasteiger partial charge in [0.25, 0.3) is 5.91 Å². The SMILES string of the molecule is Cn1c(C(=O)Nc2cc(F)c3oc(=O)[nH]c3c2)ccc1C1CCCCN1. The van der Waals surface area contributed by atoms with Gasteiger partial charge in [-0.05, 0) is 37.6 Å². The van der Waals surface area contributed by atoms with Gasteiger partial charge in [-0.15, -0.1) is 0 Å². The third-order valence-electron chi connectivity index (χ3n) is 4.79. The largest absolute Gasteiger partial charge is 0.417 e. The fraction of sp³-hybridized carbons (Fsp3) is 0.333. The van der Waals surface area contributed by atoms with E-state index in [2.05, 4.69) is 15.6 Å². The summed E-state index contributed by atoms with van der Waals surface area (Å²) < 4.78 is 20.6. The highest BCUT2D eigenvalue weighted by atomic mass is 19.1. The molecule has 8 heteroatoms. The number of oxazole rings is 1. The van der Waals surface area contributed by atoms with Crippen LogP contribution >= 0.6 is 0 Å². The highest BCUT2D eigenvalue weighted by Gasteiger charge is 2.21. The van der Waals surface area contributed by atoms with Gasteiger partial charge >= 0.3 is 5.76 Å². The third kappa shape index (κ3) is 2.92. The molecule has 3 heterocycles. The van der Waals surface area contributed by atoms with Crippen molar-refractivity contribution in [2.75, 3.05) is 11.9 Å². The van der Waals surface area contributed by atoms with Crippen LogP contribution in [0.2, 0.25) is 0 Å². The molecule has 3 aromatic rings. The Morgan fingerprint density at radius 2 is 2.19 bits per heavy atom. The van der Waals surface area contributed by atoms with Crippen molar-refractivity contribution < 1.29 is 13.6 Å². The molecular formula is C18H19FN4O3. The zero-order chi connectivity index (χ0) is 18.3. The smallest absolute Gasteiger partial charge is 0.405 e. The molecule has 4 rings (SSSR count). The van der Waals surface area contributed by atoms with Crippen molar-refractivity contribution in [1.82, 2.24) is 14.9 Å². The maximum Gasteiger partial charge on any atom is 0.417 e. The van der Waals surface area contributed by atoms with Gasteiger partial charge in [0.1, 0.15) is 5.69 Å². The van der Waals surface area contributed by atoms with Gasteiger partial charge < -0.3 is 19.6 Å². The van der Waals surface area contributed by atoms with Gasteiger partial charge in [-0.2, -0.15) is 0 Å². The Morgan fingerprint density at radius 1 is 1.35 bits per heavy atom. The number of H-pyrrole nitrogens is 1. The molecular weight excluding hydrogens is 339 g/mol. The number of carbonyl (C=O) groups is 1. The van der Waals surface area contributed by atoms with Crippen LogP contribution in [0.1, 0.15) is 41.5 Å². The zero-order valence-electron chi connectivity index (χ0n) is 14.3. The van der Waals surface area contributed by atoms with Crippen LogP contribution in [-0.2, 0) is 7.05 Å². The average molecular weight is 358 g/mol. The lowest BCUT2D eigenvalue weighted by molar-refractivity contribution is 0.101. The minimum Gasteiger partial charge on any atom is -0.405 e. The van der Waals surface area contributed by atoms with E-state index in [0.29, 0.717) is 5.69 Å². The Kier molecular flexibility index (Phi) is 4.12. The molecule has 0 radical (unpaired) electrons. The number of nitrogens with one attached hydrogen (secondary N) is 3. The molecule has 0 aliphatic carbocycles. The molecule has 0 bridgehead atoms. The van der Waals surface area contributed by atoms with Crippen molar-refractivity contribution in [3.8, 4) is 0 Å². The summed E-state index contributed by atoms with van der Waals surface area (Å²) in [6, 6.07) is 6.53. The summed E-state index contributed by atoms with van der Waals surface area (Å²) in [7, 11) is 1.85. The van der Waals surface area contributed by atoms with Crippen LogP contribution in [0.15, 0.2) is 33.5 Å². The Labute approximate surface area is 148 Å². The van der Waals surface area contributed by atoms with Crippen molar-refractivity contribution in [3.05, 3.63) is 52.0 Å². The number of aromatic amines is 1. The van der Waals surface area contributed by atoms with Crippen molar-refractivity contribution in [1.29, 1.82) is 0 Å². The number of carbonyl (C=O) groups excluding carboxylic acids is 1. The molecule has 1 fully saturated rings. The van der Waals surface area contributed by atoms with E-state index in [-0.39, 0.29) is 28.7 Å². The van der Waals surface area contributed by atoms with E-state index >= 15 is 0 Å². The Morgan fingerprint density at radius 3 is 2.96 bits per heavy atom. The second kappa shape index (κ2) is 6.45. The van der Waals surface area contributed by atoms with E-state index in [1.807, 2.05) is 17.7 Å². The van der Waals surface area contributed by atoms with Crippen LogP contribution in [0.3, 0.4) is 0 Å². The summed E-state index contributed by atoms with van der Waals surface area (Å²) in [5.74, 6) is -1.80. The van der Waals surface area contributed by atoms with Gasteiger partial charge in [-0.1, -0.05) is 6.42 Å². The first-order valence-corrected chi connectivity index (χ1v) is 8.55. The quantitative estimate of drug-likeness (QED) is 0.671. The third-order valence-corrected chi connectivity index (χ3v) is 4.79. The fourth-order valence-corrected chi connectivity index (χ4v) is 3.49. The molecule has 1 aliphatic heterocycles. The minimum absolute atomic E-state index is 0.155. The van der Waals surface area contributed by atoms with Gasteiger partial charge in [0.05, 0.1) is 5.52 Å². The Bertz CT molecular complexity index is 1030. The predicted octanol–water partition coefficient (Wildman–Crippen LogP) is 2.67. The van der Waals surface area contributed by atoms with E-state index < -0.39 is 11.6 Å². The Balaban J connectivity index is 1.58. The first-order chi connectivity index (χ1) is 12.5. The standard InChI is InChI=1S/C18H19FN4O3/c1-23-14(12-4-2-3-7-20-12)5-6-15(23)17(24)21-10-8-11(19)16-13(9-10)22-18(25)26-16/h5-6,8-9,12,20H,2-4,7H2,1H3,(H,21,24)(H,22,25). The maximum atomic E-state index is 14.0. The summed E-state index contributed by atoms with van der Waals surface area (Å²) in [6.07, 6.45) is 3.36. The van der Waals surface area contributed by atoms with Crippen LogP contribution < -0.4 is 16.4 Å². The number of hydrogen-bond acceptors (Lipinski definition) is 4. The van der Waals surface area contributed by atoms with Crippen molar-refractivity contribution in [2.45, 2.75) is 25.3 Å². The van der Waals surface area contributed by atoms with Gasteiger partial charge in [0.2, 0.25) is 0 Å². The Hall–Kier alpha value is -2.87. The van der Waals surface area contributed by atoms with Gasteiger partial charge in [0, 0.05) is 30.5 Å². The first-order valence-electron chi connectivity index (χ1n) is 8.55. The number of piperidine rings is 1. The minimum atomic E-state index is -0.741. The summed E-state index contributed by atoms with van der Waals surface area (Å²) in [4.78, 5) is 26.2. The summed E-state index contributed by atoms with van der Waals surface area (Å²) in [6.45, 7) is 0.972. The van der Waals surface area contributed by atoms with Crippen LogP contribution in [-0.4, -0.2) is 22.0 Å². The summed E-state index contributed by atoms with van der Waals surface area (Å²) in [5, 5.41) is 6.14. The molecule has 0 saturated carbocycles. The average Bonchev–Trinajstić information content (AvgIpc) is 3.18. The van der Waals surface area contributed by atoms with E-state index in [9.17, 15) is 14.0 Å². The van der Waals surface area contributed by atoms with Crippen molar-refractivity contribution >= 4 is 22.7 Å². The molecule has 136 valence electrons. The second-order valence-corrected chi connectivity index (χ2v) is 6.51. The molecule has 1 saturated heterocycles. The lowest BCUT2D eigenvalue weighted by Crippen LogP contribution is -2.28. The molecule has 7 nitrogen and oxygen atoms in total. The number of anilines is 1. The monoisotopic (exact) mass is 358 g/mol. The summed E-state index contributed by atoms with van der Waals surface area (Å²) >= 11 is 0. The number of aromatic nitrogens is 2. The zero-order valence-corrected chi connectivity index (χ0v) is 14.3. The van der Waals surface area contributed by atoms with Gasteiger partial charge in [-0.25, -0.2) is 9.18 Å². The number of fused-ring (bicyclic) bond motifs is 1. The number of hydrogen-bond donors (Lipinski definition) is 3. The van der Waals surface area contributed by atoms with E-state index in [1.165, 1.54) is 12.5 Å². The number of benzene rings is 1. The van der Waals surface area contributed by atoms with E-state index in [1.54, 1.807) is 6.07 Å².